The first-order valence-electron chi connectivity index (χ1n) is 9.26. The van der Waals surface area contributed by atoms with Gasteiger partial charge < -0.3 is 10.1 Å². The van der Waals surface area contributed by atoms with Crippen LogP contribution in [0, 0.1) is 0 Å². The summed E-state index contributed by atoms with van der Waals surface area (Å²) in [5.74, 6) is -0.0559. The zero-order valence-corrected chi connectivity index (χ0v) is 17.3. The van der Waals surface area contributed by atoms with E-state index in [1.165, 1.54) is 0 Å². The van der Waals surface area contributed by atoms with Gasteiger partial charge in [0.05, 0.1) is 11.5 Å². The predicted molar refractivity (Wildman–Crippen MR) is 109 cm³/mol. The van der Waals surface area contributed by atoms with Gasteiger partial charge in [0.15, 0.2) is 0 Å². The molecule has 1 amide bonds. The predicted octanol–water partition coefficient (Wildman–Crippen LogP) is 2.81. The van der Waals surface area contributed by atoms with Gasteiger partial charge in [-0.15, -0.1) is 0 Å². The third kappa shape index (κ3) is 6.74. The molecule has 0 saturated carbocycles. The van der Waals surface area contributed by atoms with Gasteiger partial charge >= 0.3 is 0 Å². The molecule has 2 rings (SSSR count). The number of nitrogens with one attached hydrogen (secondary N) is 2. The Balaban J connectivity index is 1.93. The average molecular weight is 405 g/mol. The van der Waals surface area contributed by atoms with Crippen molar-refractivity contribution >= 4 is 15.9 Å². The van der Waals surface area contributed by atoms with Crippen molar-refractivity contribution < 1.29 is 17.9 Å². The smallest absolute Gasteiger partial charge is 0.241 e. The first kappa shape index (κ1) is 22.1. The molecular formula is C21H28N2O4S. The molecule has 2 aromatic rings. The molecule has 152 valence electrons. The Morgan fingerprint density at radius 1 is 1.04 bits per heavy atom. The summed E-state index contributed by atoms with van der Waals surface area (Å²) < 4.78 is 32.9. The van der Waals surface area contributed by atoms with Gasteiger partial charge in [0.2, 0.25) is 15.9 Å². The lowest BCUT2D eigenvalue weighted by atomic mass is 10.1. The molecule has 28 heavy (non-hydrogen) atoms. The summed E-state index contributed by atoms with van der Waals surface area (Å²) in [6.07, 6.45) is 0.878. The third-order valence-corrected chi connectivity index (χ3v) is 5.89. The quantitative estimate of drug-likeness (QED) is 0.638. The maximum absolute atomic E-state index is 12.6. The summed E-state index contributed by atoms with van der Waals surface area (Å²) in [7, 11) is -2.03. The molecule has 0 unspecified atom stereocenters. The lowest BCUT2D eigenvalue weighted by molar-refractivity contribution is -0.122. The molecule has 0 aromatic heterocycles. The number of carbonyl (C=O) groups is 1. The molecule has 0 aliphatic rings. The van der Waals surface area contributed by atoms with E-state index in [1.54, 1.807) is 31.4 Å². The van der Waals surface area contributed by atoms with Crippen LogP contribution < -0.4 is 10.0 Å². The summed E-state index contributed by atoms with van der Waals surface area (Å²) in [5.41, 5.74) is 1.81. The first-order valence-corrected chi connectivity index (χ1v) is 10.7. The van der Waals surface area contributed by atoms with E-state index >= 15 is 0 Å². The number of hydrogen-bond donors (Lipinski definition) is 2. The van der Waals surface area contributed by atoms with E-state index in [0.717, 1.165) is 11.1 Å². The maximum Gasteiger partial charge on any atom is 0.241 e. The Morgan fingerprint density at radius 3 is 2.29 bits per heavy atom. The second kappa shape index (κ2) is 10.4. The molecule has 0 radical (unpaired) electrons. The zero-order valence-electron chi connectivity index (χ0n) is 16.5. The van der Waals surface area contributed by atoms with E-state index in [2.05, 4.69) is 10.0 Å². The van der Waals surface area contributed by atoms with Gasteiger partial charge in [0.1, 0.15) is 0 Å². The van der Waals surface area contributed by atoms with Gasteiger partial charge in [-0.3, -0.25) is 4.79 Å². The molecule has 2 N–H and O–H groups in total. The van der Waals surface area contributed by atoms with E-state index < -0.39 is 10.0 Å². The van der Waals surface area contributed by atoms with Crippen LogP contribution in [0.4, 0.5) is 0 Å². The highest BCUT2D eigenvalue weighted by molar-refractivity contribution is 7.89. The van der Waals surface area contributed by atoms with Crippen molar-refractivity contribution in [2.75, 3.05) is 13.7 Å². The summed E-state index contributed by atoms with van der Waals surface area (Å²) in [6, 6.07) is 15.7. The second-order valence-corrected chi connectivity index (χ2v) is 8.54. The Morgan fingerprint density at radius 2 is 1.68 bits per heavy atom. The number of benzene rings is 2. The van der Waals surface area contributed by atoms with Crippen molar-refractivity contribution in [3.63, 3.8) is 0 Å². The molecule has 7 heteroatoms. The Kier molecular flexibility index (Phi) is 8.17. The second-order valence-electron chi connectivity index (χ2n) is 6.82. The number of amides is 1. The van der Waals surface area contributed by atoms with Crippen LogP contribution in [-0.4, -0.2) is 34.1 Å². The normalized spacial score (nSPS) is 13.7. The third-order valence-electron chi connectivity index (χ3n) is 4.33. The minimum absolute atomic E-state index is 0.0392. The number of methoxy groups -OCH3 is 1. The molecule has 0 spiro atoms. The highest BCUT2D eigenvalue weighted by Crippen LogP contribution is 2.17. The van der Waals surface area contributed by atoms with Crippen molar-refractivity contribution in [2.24, 2.45) is 0 Å². The van der Waals surface area contributed by atoms with Crippen molar-refractivity contribution in [3.8, 4) is 0 Å². The van der Waals surface area contributed by atoms with Crippen LogP contribution in [0.3, 0.4) is 0 Å². The van der Waals surface area contributed by atoms with Crippen LogP contribution in [0.2, 0.25) is 0 Å². The topological polar surface area (TPSA) is 84.5 Å². The van der Waals surface area contributed by atoms with Gasteiger partial charge in [-0.05, 0) is 43.5 Å². The molecule has 0 saturated heterocycles. The van der Waals surface area contributed by atoms with E-state index in [4.69, 9.17) is 4.74 Å². The van der Waals surface area contributed by atoms with E-state index in [9.17, 15) is 13.2 Å². The van der Waals surface area contributed by atoms with Crippen molar-refractivity contribution in [1.82, 2.24) is 10.0 Å². The highest BCUT2D eigenvalue weighted by Gasteiger charge is 2.18. The Bertz CT molecular complexity index is 852. The SMILES string of the molecule is COC[C@H](C)NC(=O)CCc1ccc(S(=O)(=O)N[C@@H](C)c2ccccc2)cc1. The zero-order chi connectivity index (χ0) is 20.6. The fourth-order valence-corrected chi connectivity index (χ4v) is 4.07. The van der Waals surface area contributed by atoms with Crippen molar-refractivity contribution in [1.29, 1.82) is 0 Å². The first-order chi connectivity index (χ1) is 13.3. The minimum Gasteiger partial charge on any atom is -0.383 e. The number of ether oxygens (including phenoxy) is 1. The molecule has 0 aliphatic carbocycles. The molecule has 0 aliphatic heterocycles. The minimum atomic E-state index is -3.62. The summed E-state index contributed by atoms with van der Waals surface area (Å²) in [5, 5.41) is 2.85. The number of carbonyl (C=O) groups excluding carboxylic acids is 1. The summed E-state index contributed by atoms with van der Waals surface area (Å²) >= 11 is 0. The van der Waals surface area contributed by atoms with Gasteiger partial charge in [0, 0.05) is 25.6 Å². The monoisotopic (exact) mass is 404 g/mol. The van der Waals surface area contributed by atoms with Crippen LogP contribution >= 0.6 is 0 Å². The highest BCUT2D eigenvalue weighted by atomic mass is 32.2. The molecule has 6 nitrogen and oxygen atoms in total. The number of hydrogen-bond acceptors (Lipinski definition) is 4. The Labute approximate surface area is 167 Å². The number of aryl methyl sites for hydroxylation is 1. The lowest BCUT2D eigenvalue weighted by Gasteiger charge is -2.15. The van der Waals surface area contributed by atoms with Gasteiger partial charge in [-0.1, -0.05) is 42.5 Å². The molecule has 2 atom stereocenters. The summed E-state index contributed by atoms with van der Waals surface area (Å²) in [4.78, 5) is 12.1. The number of rotatable bonds is 10. The van der Waals surface area contributed by atoms with Crippen molar-refractivity contribution in [2.45, 2.75) is 43.7 Å². The van der Waals surface area contributed by atoms with Crippen LogP contribution in [0.15, 0.2) is 59.5 Å². The molecule has 0 fully saturated rings. The van der Waals surface area contributed by atoms with Crippen LogP contribution in [0.25, 0.3) is 0 Å². The maximum atomic E-state index is 12.6. The number of sulfonamides is 1. The van der Waals surface area contributed by atoms with Gasteiger partial charge in [0.25, 0.3) is 0 Å². The van der Waals surface area contributed by atoms with E-state index in [-0.39, 0.29) is 22.9 Å². The fourth-order valence-electron chi connectivity index (χ4n) is 2.84. The Hall–Kier alpha value is -2.22. The molecular weight excluding hydrogens is 376 g/mol. The van der Waals surface area contributed by atoms with E-state index in [1.807, 2.05) is 44.2 Å². The van der Waals surface area contributed by atoms with Crippen LogP contribution in [0.1, 0.15) is 37.4 Å². The van der Waals surface area contributed by atoms with Crippen molar-refractivity contribution in [3.05, 3.63) is 65.7 Å². The average Bonchev–Trinajstić information content (AvgIpc) is 2.67. The van der Waals surface area contributed by atoms with Crippen LogP contribution in [-0.2, 0) is 26.0 Å². The molecule has 2 aromatic carbocycles. The standard InChI is InChI=1S/C21H28N2O4S/c1-16(15-27-3)22-21(24)14-11-18-9-12-20(13-10-18)28(25,26)23-17(2)19-7-5-4-6-8-19/h4-10,12-13,16-17,23H,11,14-15H2,1-3H3,(H,22,24)/t16-,17-/m0/s1. The molecule has 0 bridgehead atoms. The largest absolute Gasteiger partial charge is 0.383 e. The summed E-state index contributed by atoms with van der Waals surface area (Å²) in [6.45, 7) is 4.15. The van der Waals surface area contributed by atoms with E-state index in [0.29, 0.717) is 19.4 Å². The van der Waals surface area contributed by atoms with Gasteiger partial charge in [-0.2, -0.15) is 0 Å². The van der Waals surface area contributed by atoms with Crippen LogP contribution in [0.5, 0.6) is 0 Å². The fraction of sp³-hybridized carbons (Fsp3) is 0.381. The lowest BCUT2D eigenvalue weighted by Crippen LogP contribution is -2.35. The van der Waals surface area contributed by atoms with Gasteiger partial charge in [-0.25, -0.2) is 13.1 Å². The molecule has 0 heterocycles.